The molecule has 2 rings (SSSR count). The Labute approximate surface area is 115 Å². The zero-order chi connectivity index (χ0) is 15.8. The molecule has 0 atom stereocenters. The Balaban J connectivity index is 2.04. The second kappa shape index (κ2) is 4.86. The highest BCUT2D eigenvalue weighted by atomic mass is 19.3. The Morgan fingerprint density at radius 3 is 2.05 bits per heavy atom. The molecule has 0 radical (unpaired) electrons. The van der Waals surface area contributed by atoms with E-state index in [0.717, 1.165) is 24.3 Å². The van der Waals surface area contributed by atoms with Gasteiger partial charge >= 0.3 is 17.9 Å². The average Bonchev–Trinajstić information content (AvgIpc) is 2.59. The molecule has 1 heterocycles. The van der Waals surface area contributed by atoms with Crippen LogP contribution in [-0.4, -0.2) is 40.9 Å². The van der Waals surface area contributed by atoms with Crippen LogP contribution < -0.4 is 4.74 Å². The normalized spacial score (nSPS) is 19.3. The van der Waals surface area contributed by atoms with Crippen LogP contribution in [-0.2, 0) is 0 Å². The molecule has 21 heavy (non-hydrogen) atoms. The molecule has 6 nitrogen and oxygen atoms in total. The summed E-state index contributed by atoms with van der Waals surface area (Å²) in [5.41, 5.74) is -0.269. The Morgan fingerprint density at radius 1 is 1.14 bits per heavy atom. The lowest BCUT2D eigenvalue weighted by Crippen LogP contribution is -2.38. The number of non-ortho nitro benzene ring substituents is 1. The smallest absolute Gasteiger partial charge is 0.410 e. The zero-order valence-electron chi connectivity index (χ0n) is 10.3. The molecule has 0 bridgehead atoms. The molecule has 0 unspecified atom stereocenters. The summed E-state index contributed by atoms with van der Waals surface area (Å²) >= 11 is 0. The van der Waals surface area contributed by atoms with Gasteiger partial charge in [-0.3, -0.25) is 15.0 Å². The molecule has 1 aromatic carbocycles. The second-order valence-electron chi connectivity index (χ2n) is 4.38. The SMILES string of the molecule is O=C(Oc1ccc([N+](=O)[O-])cc1)N1CC(F)(F)C(F)(F)C1. The molecule has 1 aliphatic rings. The summed E-state index contributed by atoms with van der Waals surface area (Å²) in [6.07, 6.45) is -1.37. The van der Waals surface area contributed by atoms with Crippen molar-refractivity contribution in [3.05, 3.63) is 34.4 Å². The minimum absolute atomic E-state index is 0.177. The van der Waals surface area contributed by atoms with Crippen LogP contribution in [0.15, 0.2) is 24.3 Å². The number of amides is 1. The van der Waals surface area contributed by atoms with E-state index in [1.165, 1.54) is 0 Å². The third kappa shape index (κ3) is 2.88. The van der Waals surface area contributed by atoms with Crippen molar-refractivity contribution in [1.82, 2.24) is 4.90 Å². The fourth-order valence-electron chi connectivity index (χ4n) is 1.70. The molecule has 0 aliphatic carbocycles. The summed E-state index contributed by atoms with van der Waals surface area (Å²) in [4.78, 5) is 21.4. The fourth-order valence-corrected chi connectivity index (χ4v) is 1.70. The molecule has 1 amide bonds. The number of nitro benzene ring substituents is 1. The predicted molar refractivity (Wildman–Crippen MR) is 60.6 cm³/mol. The highest BCUT2D eigenvalue weighted by molar-refractivity contribution is 5.71. The van der Waals surface area contributed by atoms with Gasteiger partial charge in [0.15, 0.2) is 0 Å². The van der Waals surface area contributed by atoms with E-state index in [9.17, 15) is 32.5 Å². The monoisotopic (exact) mass is 308 g/mol. The lowest BCUT2D eigenvalue weighted by atomic mass is 10.2. The summed E-state index contributed by atoms with van der Waals surface area (Å²) in [5, 5.41) is 10.4. The minimum atomic E-state index is -4.32. The van der Waals surface area contributed by atoms with Crippen molar-refractivity contribution < 1.29 is 32.0 Å². The van der Waals surface area contributed by atoms with Gasteiger partial charge in [0.2, 0.25) is 0 Å². The number of ether oxygens (including phenoxy) is 1. The Morgan fingerprint density at radius 2 is 1.62 bits per heavy atom. The zero-order valence-corrected chi connectivity index (χ0v) is 10.3. The number of likely N-dealkylation sites (tertiary alicyclic amines) is 1. The van der Waals surface area contributed by atoms with Crippen molar-refractivity contribution in [3.8, 4) is 5.75 Å². The van der Waals surface area contributed by atoms with Crippen molar-refractivity contribution >= 4 is 11.8 Å². The standard InChI is InChI=1S/C11H8F4N2O4/c12-10(13)5-16(6-11(10,14)15)9(18)21-8-3-1-7(2-4-8)17(19)20/h1-4H,5-6H2. The number of nitro groups is 1. The molecular formula is C11H8F4N2O4. The number of hydrogen-bond donors (Lipinski definition) is 0. The molecule has 1 fully saturated rings. The highest BCUT2D eigenvalue weighted by Crippen LogP contribution is 2.41. The van der Waals surface area contributed by atoms with Crippen molar-refractivity contribution in [2.45, 2.75) is 11.8 Å². The van der Waals surface area contributed by atoms with E-state index >= 15 is 0 Å². The van der Waals surface area contributed by atoms with Gasteiger partial charge in [-0.2, -0.15) is 17.6 Å². The predicted octanol–water partition coefficient (Wildman–Crippen LogP) is 2.68. The lowest BCUT2D eigenvalue weighted by molar-refractivity contribution is -0.384. The molecule has 0 aromatic heterocycles. The van der Waals surface area contributed by atoms with Crippen molar-refractivity contribution in [2.24, 2.45) is 0 Å². The number of carbonyl (C=O) groups excluding carboxylic acids is 1. The quantitative estimate of drug-likeness (QED) is 0.478. The largest absolute Gasteiger partial charge is 0.415 e. The molecule has 1 aliphatic heterocycles. The fraction of sp³-hybridized carbons (Fsp3) is 0.364. The molecule has 0 N–H and O–H groups in total. The van der Waals surface area contributed by atoms with Crippen LogP contribution in [0.5, 0.6) is 5.75 Å². The van der Waals surface area contributed by atoms with Gasteiger partial charge in [0.25, 0.3) is 5.69 Å². The first-order valence-corrected chi connectivity index (χ1v) is 5.59. The lowest BCUT2D eigenvalue weighted by Gasteiger charge is -2.14. The Kier molecular flexibility index (Phi) is 3.47. The number of halogens is 4. The Bertz CT molecular complexity index is 560. The molecule has 1 aromatic rings. The summed E-state index contributed by atoms with van der Waals surface area (Å²) < 4.78 is 56.4. The van der Waals surface area contributed by atoms with Crippen LogP contribution in [0.3, 0.4) is 0 Å². The maximum absolute atomic E-state index is 12.9. The van der Waals surface area contributed by atoms with E-state index < -0.39 is 36.0 Å². The maximum atomic E-state index is 12.9. The third-order valence-corrected chi connectivity index (χ3v) is 2.82. The van der Waals surface area contributed by atoms with E-state index in [-0.39, 0.29) is 16.3 Å². The number of hydrogen-bond acceptors (Lipinski definition) is 4. The van der Waals surface area contributed by atoms with E-state index in [1.54, 1.807) is 0 Å². The molecule has 1 saturated heterocycles. The summed E-state index contributed by atoms with van der Waals surface area (Å²) in [7, 11) is 0. The number of alkyl halides is 4. The summed E-state index contributed by atoms with van der Waals surface area (Å²) in [5.74, 6) is -8.81. The number of nitrogens with zero attached hydrogens (tertiary/aromatic N) is 2. The highest BCUT2D eigenvalue weighted by Gasteiger charge is 2.64. The summed E-state index contributed by atoms with van der Waals surface area (Å²) in [6, 6.07) is 4.16. The summed E-state index contributed by atoms with van der Waals surface area (Å²) in [6.45, 7) is -2.91. The van der Waals surface area contributed by atoms with Crippen LogP contribution in [0.4, 0.5) is 28.0 Å². The third-order valence-electron chi connectivity index (χ3n) is 2.82. The van der Waals surface area contributed by atoms with Crippen LogP contribution in [0.25, 0.3) is 0 Å². The van der Waals surface area contributed by atoms with Crippen LogP contribution in [0.1, 0.15) is 0 Å². The molecule has 0 spiro atoms. The maximum Gasteiger partial charge on any atom is 0.415 e. The van der Waals surface area contributed by atoms with Gasteiger partial charge in [0, 0.05) is 12.1 Å². The number of benzene rings is 1. The molecular weight excluding hydrogens is 300 g/mol. The number of carbonyl (C=O) groups is 1. The Hall–Kier alpha value is -2.39. The second-order valence-corrected chi connectivity index (χ2v) is 4.38. The first-order valence-electron chi connectivity index (χ1n) is 5.59. The first-order chi connectivity index (χ1) is 9.62. The molecule has 10 heteroatoms. The first kappa shape index (κ1) is 15.0. The van der Waals surface area contributed by atoms with Crippen molar-refractivity contribution in [2.75, 3.05) is 13.1 Å². The van der Waals surface area contributed by atoms with E-state index in [4.69, 9.17) is 0 Å². The van der Waals surface area contributed by atoms with Crippen LogP contribution in [0, 0.1) is 10.1 Å². The number of rotatable bonds is 2. The molecule has 114 valence electrons. The van der Waals surface area contributed by atoms with Crippen LogP contribution in [0.2, 0.25) is 0 Å². The van der Waals surface area contributed by atoms with Gasteiger partial charge in [0.05, 0.1) is 18.0 Å². The van der Waals surface area contributed by atoms with Crippen LogP contribution >= 0.6 is 0 Å². The van der Waals surface area contributed by atoms with E-state index in [1.807, 2.05) is 0 Å². The van der Waals surface area contributed by atoms with Gasteiger partial charge in [-0.15, -0.1) is 0 Å². The van der Waals surface area contributed by atoms with E-state index in [0.29, 0.717) is 0 Å². The van der Waals surface area contributed by atoms with Gasteiger partial charge < -0.3 is 4.74 Å². The van der Waals surface area contributed by atoms with Gasteiger partial charge in [0.1, 0.15) is 5.75 Å². The topological polar surface area (TPSA) is 72.7 Å². The van der Waals surface area contributed by atoms with Crippen molar-refractivity contribution in [3.63, 3.8) is 0 Å². The van der Waals surface area contributed by atoms with Crippen molar-refractivity contribution in [1.29, 1.82) is 0 Å². The molecule has 0 saturated carbocycles. The van der Waals surface area contributed by atoms with Gasteiger partial charge in [-0.1, -0.05) is 0 Å². The van der Waals surface area contributed by atoms with Gasteiger partial charge in [-0.05, 0) is 12.1 Å². The average molecular weight is 308 g/mol. The van der Waals surface area contributed by atoms with E-state index in [2.05, 4.69) is 4.74 Å². The van der Waals surface area contributed by atoms with Gasteiger partial charge in [-0.25, -0.2) is 4.79 Å². The minimum Gasteiger partial charge on any atom is -0.410 e.